The number of fused-ring (bicyclic) bond motifs is 2. The van der Waals surface area contributed by atoms with Crippen molar-refractivity contribution >= 4 is 11.6 Å². The molecule has 2 N–H and O–H groups in total. The van der Waals surface area contributed by atoms with Crippen LogP contribution >= 0.6 is 11.6 Å². The second kappa shape index (κ2) is 10.4. The molecule has 12 nitrogen and oxygen atoms in total. The molecule has 232 valence electrons. The molecule has 1 saturated carbocycles. The van der Waals surface area contributed by atoms with Gasteiger partial charge in [-0.25, -0.2) is 23.7 Å². The number of hydrogen-bond acceptors (Lipinski definition) is 9. The third-order valence-electron chi connectivity index (χ3n) is 7.91. The van der Waals surface area contributed by atoms with Gasteiger partial charge in [0.2, 0.25) is 0 Å². The highest BCUT2D eigenvalue weighted by atomic mass is 35.5. The highest BCUT2D eigenvalue weighted by Gasteiger charge is 2.55. The molecular formula is C27H19ClF5N9O3. The number of rotatable bonds is 7. The van der Waals surface area contributed by atoms with Crippen molar-refractivity contribution < 1.29 is 31.8 Å². The molecule has 1 aliphatic carbocycles. The number of halogens is 6. The summed E-state index contributed by atoms with van der Waals surface area (Å²) in [5.74, 6) is -1.87. The zero-order valence-electron chi connectivity index (χ0n) is 22.6. The molecule has 1 aliphatic heterocycles. The number of aromatic nitrogens is 9. The van der Waals surface area contributed by atoms with E-state index in [0.717, 1.165) is 6.20 Å². The molecule has 18 heteroatoms. The van der Waals surface area contributed by atoms with Crippen molar-refractivity contribution in [3.05, 3.63) is 81.6 Å². The van der Waals surface area contributed by atoms with Crippen LogP contribution in [0.3, 0.4) is 0 Å². The smallest absolute Gasteiger partial charge is 0.417 e. The van der Waals surface area contributed by atoms with Crippen molar-refractivity contribution in [2.45, 2.75) is 43.0 Å². The molecule has 45 heavy (non-hydrogen) atoms. The molecule has 1 spiro atoms. The number of alkyl halides is 3. The quantitative estimate of drug-likeness (QED) is 0.251. The summed E-state index contributed by atoms with van der Waals surface area (Å²) in [4.78, 5) is 29.4. The van der Waals surface area contributed by atoms with E-state index in [0.29, 0.717) is 30.9 Å². The van der Waals surface area contributed by atoms with Crippen molar-refractivity contribution in [1.29, 1.82) is 0 Å². The number of benzene rings is 1. The van der Waals surface area contributed by atoms with E-state index in [1.165, 1.54) is 46.0 Å². The Morgan fingerprint density at radius 3 is 2.69 bits per heavy atom. The van der Waals surface area contributed by atoms with Crippen LogP contribution in [0.2, 0.25) is 5.02 Å². The number of pyridine rings is 1. The molecule has 0 amide bonds. The Morgan fingerprint density at radius 2 is 1.98 bits per heavy atom. The maximum Gasteiger partial charge on any atom is 0.417 e. The molecule has 5 heterocycles. The lowest BCUT2D eigenvalue weighted by molar-refractivity contribution is -0.211. The Balaban J connectivity index is 1.24. The van der Waals surface area contributed by atoms with Gasteiger partial charge in [0.15, 0.2) is 17.7 Å². The van der Waals surface area contributed by atoms with E-state index < -0.39 is 53.4 Å². The Hall–Kier alpha value is -4.77. The number of H-pyrrole nitrogens is 1. The van der Waals surface area contributed by atoms with Gasteiger partial charge in [0.1, 0.15) is 24.6 Å². The molecule has 0 bridgehead atoms. The van der Waals surface area contributed by atoms with E-state index >= 15 is 8.78 Å². The summed E-state index contributed by atoms with van der Waals surface area (Å²) in [5, 5.41) is 20.0. The number of aromatic amines is 1. The largest absolute Gasteiger partial charge is 0.472 e. The van der Waals surface area contributed by atoms with E-state index in [2.05, 4.69) is 30.5 Å². The summed E-state index contributed by atoms with van der Waals surface area (Å²) in [6.07, 6.45) is -2.19. The summed E-state index contributed by atoms with van der Waals surface area (Å²) in [7, 11) is 0. The third-order valence-corrected chi connectivity index (χ3v) is 8.21. The van der Waals surface area contributed by atoms with E-state index in [4.69, 9.17) is 21.3 Å². The van der Waals surface area contributed by atoms with Gasteiger partial charge in [0.25, 0.3) is 11.4 Å². The van der Waals surface area contributed by atoms with Gasteiger partial charge in [-0.1, -0.05) is 11.6 Å². The average molecular weight is 648 g/mol. The van der Waals surface area contributed by atoms with Crippen LogP contribution in [0.25, 0.3) is 28.2 Å². The summed E-state index contributed by atoms with van der Waals surface area (Å²) in [6, 6.07) is 4.68. The van der Waals surface area contributed by atoms with Gasteiger partial charge in [-0.15, -0.1) is 5.10 Å². The van der Waals surface area contributed by atoms with Crippen LogP contribution in [0.1, 0.15) is 37.0 Å². The molecular weight excluding hydrogens is 629 g/mol. The van der Waals surface area contributed by atoms with E-state index in [1.54, 1.807) is 0 Å². The van der Waals surface area contributed by atoms with Crippen LogP contribution in [0.5, 0.6) is 5.88 Å². The van der Waals surface area contributed by atoms with Gasteiger partial charge in [-0.05, 0) is 47.9 Å². The number of hydrogen-bond donors (Lipinski definition) is 2. The summed E-state index contributed by atoms with van der Waals surface area (Å²) < 4.78 is 76.1. The van der Waals surface area contributed by atoms with Crippen LogP contribution in [0.15, 0.2) is 47.8 Å². The summed E-state index contributed by atoms with van der Waals surface area (Å²) in [5.41, 5.74) is -0.697. The molecule has 2 atom stereocenters. The predicted molar refractivity (Wildman–Crippen MR) is 145 cm³/mol. The molecule has 7 rings (SSSR count). The van der Waals surface area contributed by atoms with Gasteiger partial charge in [-0.3, -0.25) is 9.36 Å². The lowest BCUT2D eigenvalue weighted by Crippen LogP contribution is -2.34. The fourth-order valence-electron chi connectivity index (χ4n) is 5.52. The number of tetrazole rings is 1. The molecule has 1 aromatic carbocycles. The van der Waals surface area contributed by atoms with E-state index in [-0.39, 0.29) is 33.2 Å². The minimum Gasteiger partial charge on any atom is -0.472 e. The zero-order chi connectivity index (χ0) is 31.7. The average Bonchev–Trinajstić information content (AvgIpc) is 3.34. The second-order valence-electron chi connectivity index (χ2n) is 10.7. The van der Waals surface area contributed by atoms with Gasteiger partial charge in [-0.2, -0.15) is 17.9 Å². The second-order valence-corrected chi connectivity index (χ2v) is 11.1. The van der Waals surface area contributed by atoms with Crippen LogP contribution in [-0.2, 0) is 5.41 Å². The van der Waals surface area contributed by atoms with Gasteiger partial charge in [0.05, 0.1) is 39.9 Å². The summed E-state index contributed by atoms with van der Waals surface area (Å²) in [6.45, 7) is -1.25. The molecule has 5 aromatic rings. The van der Waals surface area contributed by atoms with Gasteiger partial charge in [0, 0.05) is 23.2 Å². The Kier molecular flexibility index (Phi) is 6.70. The first-order chi connectivity index (χ1) is 21.5. The Bertz CT molecular complexity index is 1990. The van der Waals surface area contributed by atoms with Crippen LogP contribution < -0.4 is 10.3 Å². The number of aliphatic hydroxyl groups excluding tert-OH is 1. The van der Waals surface area contributed by atoms with Crippen LogP contribution in [0, 0.1) is 11.6 Å². The van der Waals surface area contributed by atoms with Crippen molar-refractivity contribution in [3.8, 4) is 34.1 Å². The standard InChI is InChI=1S/C27H19ClF5N9O3/c28-13-1-2-16(41-11-36-39-40-41)20(22(13)30)14-7-19(44)42-17(8-26(4-5-26)25(42)38-14)23-35-9-15(37-23)12-3-6-34-24(21(12)29)45-10-18(43)27(31,32)33/h1-3,6-7,9,11,17-18,43H,4-5,8,10H2,(H,35,37)/t17-,18+/m0/s1. The lowest BCUT2D eigenvalue weighted by atomic mass is 10.0. The maximum atomic E-state index is 15.5. The highest BCUT2D eigenvalue weighted by molar-refractivity contribution is 6.31. The Labute approximate surface area is 253 Å². The Morgan fingerprint density at radius 1 is 1.18 bits per heavy atom. The molecule has 4 aromatic heterocycles. The van der Waals surface area contributed by atoms with Crippen molar-refractivity contribution in [2.24, 2.45) is 0 Å². The van der Waals surface area contributed by atoms with Crippen LogP contribution in [-0.4, -0.2) is 68.7 Å². The number of ether oxygens (including phenoxy) is 1. The lowest BCUT2D eigenvalue weighted by Gasteiger charge is -2.15. The first-order valence-electron chi connectivity index (χ1n) is 13.4. The number of nitrogens with one attached hydrogen (secondary N) is 1. The fourth-order valence-corrected chi connectivity index (χ4v) is 5.68. The highest BCUT2D eigenvalue weighted by Crippen LogP contribution is 2.58. The third kappa shape index (κ3) is 4.91. The summed E-state index contributed by atoms with van der Waals surface area (Å²) >= 11 is 6.09. The number of aliphatic hydroxyl groups is 1. The predicted octanol–water partition coefficient (Wildman–Crippen LogP) is 3.93. The minimum absolute atomic E-state index is 0.0471. The first kappa shape index (κ1) is 29.0. The van der Waals surface area contributed by atoms with Gasteiger partial charge < -0.3 is 14.8 Å². The molecule has 0 saturated heterocycles. The minimum atomic E-state index is -4.95. The molecule has 0 radical (unpaired) electrons. The van der Waals surface area contributed by atoms with E-state index in [1.807, 2.05) is 0 Å². The molecule has 0 unspecified atom stereocenters. The fraction of sp³-hybridized carbons (Fsp3) is 0.296. The maximum absolute atomic E-state index is 15.5. The SMILES string of the molecule is O=c1cc(-c2c(-n3cnnn3)ccc(Cl)c2F)nc2n1[C@H](c1ncc(-c3ccnc(OC[C@@H](O)C(F)(F)F)c3F)[nH]1)CC21CC1. The monoisotopic (exact) mass is 647 g/mol. The van der Waals surface area contributed by atoms with E-state index in [9.17, 15) is 23.1 Å². The molecule has 1 fully saturated rings. The van der Waals surface area contributed by atoms with Gasteiger partial charge >= 0.3 is 6.18 Å². The van der Waals surface area contributed by atoms with Crippen molar-refractivity contribution in [1.82, 2.24) is 44.7 Å². The van der Waals surface area contributed by atoms with Crippen molar-refractivity contribution in [3.63, 3.8) is 0 Å². The zero-order valence-corrected chi connectivity index (χ0v) is 23.4. The number of imidazole rings is 1. The normalized spacial score (nSPS) is 17.4. The number of nitrogens with zero attached hydrogens (tertiary/aromatic N) is 8. The molecule has 2 aliphatic rings. The van der Waals surface area contributed by atoms with Crippen LogP contribution in [0.4, 0.5) is 22.0 Å². The first-order valence-corrected chi connectivity index (χ1v) is 13.8. The topological polar surface area (TPSA) is 150 Å². The van der Waals surface area contributed by atoms with Crippen molar-refractivity contribution in [2.75, 3.05) is 6.61 Å².